The molecule has 87 valence electrons. The molecule has 1 aliphatic heterocycles. The van der Waals surface area contributed by atoms with E-state index in [-0.39, 0.29) is 0 Å². The van der Waals surface area contributed by atoms with Crippen LogP contribution in [-0.4, -0.2) is 29.6 Å². The van der Waals surface area contributed by atoms with Gasteiger partial charge in [0.2, 0.25) is 0 Å². The highest BCUT2D eigenvalue weighted by molar-refractivity contribution is 5.27. The van der Waals surface area contributed by atoms with Gasteiger partial charge in [0.05, 0.1) is 5.60 Å². The van der Waals surface area contributed by atoms with E-state index >= 15 is 0 Å². The second kappa shape index (κ2) is 4.56. The fourth-order valence-corrected chi connectivity index (χ4v) is 2.30. The molecule has 2 heteroatoms. The van der Waals surface area contributed by atoms with Gasteiger partial charge in [-0.2, -0.15) is 0 Å². The minimum absolute atomic E-state index is 0.626. The van der Waals surface area contributed by atoms with E-state index in [1.165, 1.54) is 5.56 Å². The Hall–Kier alpha value is -0.860. The Morgan fingerprint density at radius 1 is 1.25 bits per heavy atom. The third-order valence-corrected chi connectivity index (χ3v) is 3.59. The lowest BCUT2D eigenvalue weighted by Crippen LogP contribution is -2.42. The van der Waals surface area contributed by atoms with Crippen molar-refractivity contribution in [2.45, 2.75) is 25.4 Å². The first-order valence-electron chi connectivity index (χ1n) is 5.95. The molecule has 1 radical (unpaired) electrons. The summed E-state index contributed by atoms with van der Waals surface area (Å²) >= 11 is 0. The SMILES string of the molecule is [CH2]CN1CCC(O)(c2ccc(C)cc2)CC1. The summed E-state index contributed by atoms with van der Waals surface area (Å²) in [5, 5.41) is 10.6. The molecule has 1 heterocycles. The summed E-state index contributed by atoms with van der Waals surface area (Å²) in [6.45, 7) is 8.67. The molecule has 0 bridgehead atoms. The maximum Gasteiger partial charge on any atom is 0.0920 e. The quantitative estimate of drug-likeness (QED) is 0.822. The Morgan fingerprint density at radius 2 is 1.81 bits per heavy atom. The average molecular weight is 218 g/mol. The molecule has 1 fully saturated rings. The number of hydrogen-bond acceptors (Lipinski definition) is 2. The molecular weight excluding hydrogens is 198 g/mol. The van der Waals surface area contributed by atoms with Crippen molar-refractivity contribution in [3.05, 3.63) is 42.3 Å². The van der Waals surface area contributed by atoms with Gasteiger partial charge in [0, 0.05) is 13.1 Å². The van der Waals surface area contributed by atoms with E-state index in [0.717, 1.165) is 38.0 Å². The Kier molecular flexibility index (Phi) is 3.31. The largest absolute Gasteiger partial charge is 0.385 e. The van der Waals surface area contributed by atoms with Crippen LogP contribution >= 0.6 is 0 Å². The van der Waals surface area contributed by atoms with E-state index in [1.807, 2.05) is 0 Å². The molecule has 1 aromatic rings. The van der Waals surface area contributed by atoms with E-state index in [9.17, 15) is 5.11 Å². The molecule has 0 atom stereocenters. The molecular formula is C14H20NO. The summed E-state index contributed by atoms with van der Waals surface area (Å²) < 4.78 is 0. The average Bonchev–Trinajstić information content (AvgIpc) is 2.31. The number of rotatable bonds is 2. The van der Waals surface area contributed by atoms with Crippen molar-refractivity contribution in [3.8, 4) is 0 Å². The molecule has 0 saturated carbocycles. The van der Waals surface area contributed by atoms with Gasteiger partial charge in [-0.25, -0.2) is 0 Å². The van der Waals surface area contributed by atoms with Crippen molar-refractivity contribution in [1.82, 2.24) is 4.90 Å². The maximum absolute atomic E-state index is 10.6. The monoisotopic (exact) mass is 218 g/mol. The minimum atomic E-state index is -0.626. The normalized spacial score (nSPS) is 20.9. The first-order valence-corrected chi connectivity index (χ1v) is 5.95. The van der Waals surface area contributed by atoms with Gasteiger partial charge >= 0.3 is 0 Å². The zero-order chi connectivity index (χ0) is 11.6. The lowest BCUT2D eigenvalue weighted by Gasteiger charge is -2.38. The summed E-state index contributed by atoms with van der Waals surface area (Å²) in [4.78, 5) is 2.28. The molecule has 0 unspecified atom stereocenters. The van der Waals surface area contributed by atoms with E-state index in [1.54, 1.807) is 0 Å². The molecule has 0 amide bonds. The first kappa shape index (κ1) is 11.6. The van der Waals surface area contributed by atoms with Gasteiger partial charge in [-0.05, 0) is 38.8 Å². The van der Waals surface area contributed by atoms with Crippen LogP contribution in [0.5, 0.6) is 0 Å². The van der Waals surface area contributed by atoms with Crippen LogP contribution < -0.4 is 0 Å². The molecule has 1 saturated heterocycles. The van der Waals surface area contributed by atoms with Crippen molar-refractivity contribution >= 4 is 0 Å². The van der Waals surface area contributed by atoms with E-state index < -0.39 is 5.60 Å². The summed E-state index contributed by atoms with van der Waals surface area (Å²) in [6, 6.07) is 8.24. The lowest BCUT2D eigenvalue weighted by molar-refractivity contribution is -0.0235. The van der Waals surface area contributed by atoms with Crippen LogP contribution in [0.2, 0.25) is 0 Å². The molecule has 16 heavy (non-hydrogen) atoms. The summed E-state index contributed by atoms with van der Waals surface area (Å²) in [6.07, 6.45) is 1.62. The number of likely N-dealkylation sites (tertiary alicyclic amines) is 1. The predicted octanol–water partition coefficient (Wildman–Crippen LogP) is 2.11. The fourth-order valence-electron chi connectivity index (χ4n) is 2.30. The minimum Gasteiger partial charge on any atom is -0.385 e. The van der Waals surface area contributed by atoms with Crippen LogP contribution in [-0.2, 0) is 5.60 Å². The van der Waals surface area contributed by atoms with Crippen LogP contribution in [0.25, 0.3) is 0 Å². The fraction of sp³-hybridized carbons (Fsp3) is 0.500. The molecule has 1 aromatic carbocycles. The standard InChI is InChI=1S/C14H20NO/c1-3-15-10-8-14(16,9-11-15)13-6-4-12(2)5-7-13/h4-7,16H,1,3,8-11H2,2H3. The number of benzene rings is 1. The van der Waals surface area contributed by atoms with Crippen molar-refractivity contribution in [2.24, 2.45) is 0 Å². The van der Waals surface area contributed by atoms with E-state index in [2.05, 4.69) is 43.0 Å². The van der Waals surface area contributed by atoms with Gasteiger partial charge in [0.25, 0.3) is 0 Å². The Labute approximate surface area is 97.9 Å². The van der Waals surface area contributed by atoms with Crippen LogP contribution in [0.1, 0.15) is 24.0 Å². The number of aryl methyl sites for hydroxylation is 1. The van der Waals surface area contributed by atoms with Crippen LogP contribution in [0.4, 0.5) is 0 Å². The number of hydrogen-bond donors (Lipinski definition) is 1. The smallest absolute Gasteiger partial charge is 0.0920 e. The van der Waals surface area contributed by atoms with Crippen molar-refractivity contribution in [1.29, 1.82) is 0 Å². The Bertz CT molecular complexity index is 336. The molecule has 1 N–H and O–H groups in total. The topological polar surface area (TPSA) is 23.5 Å². The molecule has 1 aliphatic rings. The highest BCUT2D eigenvalue weighted by atomic mass is 16.3. The summed E-state index contributed by atoms with van der Waals surface area (Å²) in [5.41, 5.74) is 1.67. The molecule has 2 nitrogen and oxygen atoms in total. The maximum atomic E-state index is 10.6. The molecule has 2 rings (SSSR count). The van der Waals surface area contributed by atoms with Crippen molar-refractivity contribution in [3.63, 3.8) is 0 Å². The van der Waals surface area contributed by atoms with Gasteiger partial charge in [0.1, 0.15) is 0 Å². The molecule has 0 aromatic heterocycles. The number of aliphatic hydroxyl groups is 1. The number of nitrogens with zero attached hydrogens (tertiary/aromatic N) is 1. The highest BCUT2D eigenvalue weighted by Crippen LogP contribution is 2.32. The van der Waals surface area contributed by atoms with Gasteiger partial charge < -0.3 is 10.0 Å². The second-order valence-corrected chi connectivity index (χ2v) is 4.74. The van der Waals surface area contributed by atoms with Crippen LogP contribution in [0.15, 0.2) is 24.3 Å². The first-order chi connectivity index (χ1) is 7.64. The number of piperidine rings is 1. The lowest BCUT2D eigenvalue weighted by atomic mass is 9.84. The second-order valence-electron chi connectivity index (χ2n) is 4.74. The summed E-state index contributed by atoms with van der Waals surface area (Å²) in [7, 11) is 0. The Morgan fingerprint density at radius 3 is 2.31 bits per heavy atom. The molecule has 0 aliphatic carbocycles. The third kappa shape index (κ3) is 2.28. The van der Waals surface area contributed by atoms with Crippen molar-refractivity contribution < 1.29 is 5.11 Å². The van der Waals surface area contributed by atoms with Gasteiger partial charge in [-0.1, -0.05) is 29.8 Å². The van der Waals surface area contributed by atoms with Crippen molar-refractivity contribution in [2.75, 3.05) is 19.6 Å². The zero-order valence-electron chi connectivity index (χ0n) is 9.95. The predicted molar refractivity (Wildman–Crippen MR) is 66.1 cm³/mol. The van der Waals surface area contributed by atoms with Gasteiger partial charge in [-0.3, -0.25) is 0 Å². The highest BCUT2D eigenvalue weighted by Gasteiger charge is 2.33. The van der Waals surface area contributed by atoms with E-state index in [4.69, 9.17) is 0 Å². The van der Waals surface area contributed by atoms with Crippen LogP contribution in [0, 0.1) is 13.8 Å². The van der Waals surface area contributed by atoms with Gasteiger partial charge in [0.15, 0.2) is 0 Å². The third-order valence-electron chi connectivity index (χ3n) is 3.59. The van der Waals surface area contributed by atoms with Crippen LogP contribution in [0.3, 0.4) is 0 Å². The molecule has 0 spiro atoms. The van der Waals surface area contributed by atoms with Gasteiger partial charge in [-0.15, -0.1) is 0 Å². The van der Waals surface area contributed by atoms with E-state index in [0.29, 0.717) is 0 Å². The Balaban J connectivity index is 2.11. The zero-order valence-corrected chi connectivity index (χ0v) is 9.95. The summed E-state index contributed by atoms with van der Waals surface area (Å²) in [5.74, 6) is 0.